The number of alkyl halides is 3. The summed E-state index contributed by atoms with van der Waals surface area (Å²) in [7, 11) is 3.53. The summed E-state index contributed by atoms with van der Waals surface area (Å²) in [6.07, 6.45) is -4.44. The molecule has 1 N–H and O–H groups in total. The Bertz CT molecular complexity index is 800. The first kappa shape index (κ1) is 19.4. The molecule has 0 saturated carbocycles. The van der Waals surface area contributed by atoms with E-state index in [0.29, 0.717) is 17.1 Å². The monoisotopic (exact) mass is 386 g/mol. The largest absolute Gasteiger partial charge is 0.423 e. The van der Waals surface area contributed by atoms with Crippen LogP contribution in [0, 0.1) is 0 Å². The van der Waals surface area contributed by atoms with Crippen LogP contribution in [0.4, 0.5) is 19.2 Å². The maximum absolute atomic E-state index is 13.4. The molecule has 1 unspecified atom stereocenters. The van der Waals surface area contributed by atoms with E-state index in [1.54, 1.807) is 25.1 Å². The van der Waals surface area contributed by atoms with Gasteiger partial charge < -0.3 is 19.4 Å². The van der Waals surface area contributed by atoms with Crippen molar-refractivity contribution in [2.24, 2.45) is 0 Å². The molecule has 27 heavy (non-hydrogen) atoms. The van der Waals surface area contributed by atoms with Crippen LogP contribution in [-0.2, 0) is 4.74 Å². The summed E-state index contributed by atoms with van der Waals surface area (Å²) in [6, 6.07) is 3.21. The molecule has 0 bridgehead atoms. The molecule has 1 fully saturated rings. The zero-order valence-electron chi connectivity index (χ0n) is 15.0. The molecule has 3 rings (SSSR count). The topological polar surface area (TPSA) is 70.8 Å². The fourth-order valence-electron chi connectivity index (χ4n) is 2.88. The van der Waals surface area contributed by atoms with Gasteiger partial charge in [0, 0.05) is 39.3 Å². The van der Waals surface area contributed by atoms with E-state index in [1.807, 2.05) is 0 Å². The molecule has 1 aromatic carbocycles. The first-order chi connectivity index (χ1) is 12.8. The number of rotatable bonds is 5. The van der Waals surface area contributed by atoms with Crippen LogP contribution >= 0.6 is 0 Å². The van der Waals surface area contributed by atoms with Gasteiger partial charge in [-0.2, -0.15) is 18.2 Å². The van der Waals surface area contributed by atoms with Gasteiger partial charge in [-0.3, -0.25) is 9.69 Å². The minimum atomic E-state index is -4.44. The van der Waals surface area contributed by atoms with Gasteiger partial charge in [0.25, 0.3) is 11.9 Å². The second kappa shape index (κ2) is 7.73. The number of carbonyl (C=O) groups excluding carboxylic acids is 1. The average molecular weight is 386 g/mol. The highest BCUT2D eigenvalue weighted by Crippen LogP contribution is 2.25. The van der Waals surface area contributed by atoms with Gasteiger partial charge in [-0.05, 0) is 18.2 Å². The third-order valence-corrected chi connectivity index (χ3v) is 4.34. The maximum Gasteiger partial charge on any atom is 0.405 e. The molecule has 1 atom stereocenters. The van der Waals surface area contributed by atoms with Crippen molar-refractivity contribution in [2.75, 3.05) is 51.8 Å². The third kappa shape index (κ3) is 4.51. The molecule has 7 nitrogen and oxygen atoms in total. The Morgan fingerprint density at radius 2 is 2.04 bits per heavy atom. The molecule has 0 spiro atoms. The van der Waals surface area contributed by atoms with Gasteiger partial charge in [-0.25, -0.2) is 0 Å². The van der Waals surface area contributed by atoms with Crippen molar-refractivity contribution in [1.29, 1.82) is 0 Å². The van der Waals surface area contributed by atoms with E-state index in [0.717, 1.165) is 0 Å². The van der Waals surface area contributed by atoms with E-state index in [4.69, 9.17) is 9.15 Å². The van der Waals surface area contributed by atoms with Crippen LogP contribution in [0.3, 0.4) is 0 Å². The van der Waals surface area contributed by atoms with E-state index in [2.05, 4.69) is 10.3 Å². The number of fused-ring (bicyclic) bond motifs is 1. The number of hydrogen-bond acceptors (Lipinski definition) is 6. The van der Waals surface area contributed by atoms with Crippen LogP contribution in [0.1, 0.15) is 10.4 Å². The van der Waals surface area contributed by atoms with Crippen LogP contribution in [0.2, 0.25) is 0 Å². The van der Waals surface area contributed by atoms with Crippen LogP contribution in [-0.4, -0.2) is 75.0 Å². The Morgan fingerprint density at radius 3 is 2.67 bits per heavy atom. The van der Waals surface area contributed by atoms with E-state index < -0.39 is 24.7 Å². The van der Waals surface area contributed by atoms with E-state index in [1.165, 1.54) is 17.0 Å². The van der Waals surface area contributed by atoms with Crippen LogP contribution in [0.15, 0.2) is 22.6 Å². The Labute approximate surface area is 154 Å². The van der Waals surface area contributed by atoms with E-state index in [9.17, 15) is 18.0 Å². The van der Waals surface area contributed by atoms with Crippen molar-refractivity contribution >= 4 is 23.0 Å². The lowest BCUT2D eigenvalue weighted by molar-refractivity contribution is -0.189. The van der Waals surface area contributed by atoms with Crippen molar-refractivity contribution in [3.05, 3.63) is 23.8 Å². The fourth-order valence-corrected chi connectivity index (χ4v) is 2.88. The molecule has 2 heterocycles. The molecular weight excluding hydrogens is 365 g/mol. The molecule has 2 aromatic rings. The predicted octanol–water partition coefficient (Wildman–Crippen LogP) is 1.89. The SMILES string of the molecule is CN(C)c1nc2cc(C(=O)NCC(N3CCOCC3)C(F)(F)F)ccc2o1. The lowest BCUT2D eigenvalue weighted by atomic mass is 10.1. The Balaban J connectivity index is 1.70. The number of amides is 1. The lowest BCUT2D eigenvalue weighted by Gasteiger charge is -2.35. The summed E-state index contributed by atoms with van der Waals surface area (Å²) in [5.41, 5.74) is 1.19. The minimum Gasteiger partial charge on any atom is -0.423 e. The molecule has 148 valence electrons. The molecule has 1 aliphatic heterocycles. The number of nitrogens with one attached hydrogen (secondary N) is 1. The molecule has 0 radical (unpaired) electrons. The molecule has 1 amide bonds. The average Bonchev–Trinajstić information content (AvgIpc) is 3.05. The molecule has 1 aromatic heterocycles. The zero-order valence-corrected chi connectivity index (χ0v) is 15.0. The van der Waals surface area contributed by atoms with Gasteiger partial charge in [0.15, 0.2) is 5.58 Å². The summed E-state index contributed by atoms with van der Waals surface area (Å²) in [4.78, 5) is 19.6. The summed E-state index contributed by atoms with van der Waals surface area (Å²) in [5.74, 6) is -0.589. The van der Waals surface area contributed by atoms with E-state index >= 15 is 0 Å². The van der Waals surface area contributed by atoms with Crippen molar-refractivity contribution in [1.82, 2.24) is 15.2 Å². The Hall–Kier alpha value is -2.33. The normalized spacial score (nSPS) is 17.1. The standard InChI is InChI=1S/C17H21F3N4O3/c1-23(2)16-22-12-9-11(3-4-13(12)27-16)15(25)21-10-14(17(18,19)20)24-5-7-26-8-6-24/h3-4,9,14H,5-8,10H2,1-2H3,(H,21,25). The number of nitrogens with zero attached hydrogens (tertiary/aromatic N) is 3. The van der Waals surface area contributed by atoms with Crippen molar-refractivity contribution in [2.45, 2.75) is 12.2 Å². The number of anilines is 1. The maximum atomic E-state index is 13.4. The van der Waals surface area contributed by atoms with E-state index in [-0.39, 0.29) is 31.9 Å². The fraction of sp³-hybridized carbons (Fsp3) is 0.529. The number of aromatic nitrogens is 1. The van der Waals surface area contributed by atoms with Crippen molar-refractivity contribution in [3.8, 4) is 0 Å². The van der Waals surface area contributed by atoms with Gasteiger partial charge in [-0.1, -0.05) is 0 Å². The Kier molecular flexibility index (Phi) is 5.56. The van der Waals surface area contributed by atoms with Crippen molar-refractivity contribution < 1.29 is 27.1 Å². The van der Waals surface area contributed by atoms with Crippen molar-refractivity contribution in [3.63, 3.8) is 0 Å². The number of morpholine rings is 1. The van der Waals surface area contributed by atoms with Crippen LogP contribution in [0.25, 0.3) is 11.1 Å². The Morgan fingerprint density at radius 1 is 1.33 bits per heavy atom. The van der Waals surface area contributed by atoms with Gasteiger partial charge in [0.05, 0.1) is 13.2 Å². The third-order valence-electron chi connectivity index (χ3n) is 4.34. The second-order valence-corrected chi connectivity index (χ2v) is 6.49. The summed E-state index contributed by atoms with van der Waals surface area (Å²) in [5, 5.41) is 2.39. The first-order valence-corrected chi connectivity index (χ1v) is 8.50. The number of carbonyl (C=O) groups is 1. The van der Waals surface area contributed by atoms with Crippen LogP contribution in [0.5, 0.6) is 0 Å². The van der Waals surface area contributed by atoms with Gasteiger partial charge >= 0.3 is 6.18 Å². The minimum absolute atomic E-state index is 0.179. The number of oxazole rings is 1. The summed E-state index contributed by atoms with van der Waals surface area (Å²) in [6.45, 7) is 0.327. The smallest absolute Gasteiger partial charge is 0.405 e. The van der Waals surface area contributed by atoms with Gasteiger partial charge in [0.1, 0.15) is 11.6 Å². The first-order valence-electron chi connectivity index (χ1n) is 8.50. The molecule has 1 saturated heterocycles. The molecule has 0 aliphatic carbocycles. The highest BCUT2D eigenvalue weighted by molar-refractivity contribution is 5.97. The number of hydrogen-bond donors (Lipinski definition) is 1. The summed E-state index contributed by atoms with van der Waals surface area (Å²) >= 11 is 0. The lowest BCUT2D eigenvalue weighted by Crippen LogP contribution is -2.55. The highest BCUT2D eigenvalue weighted by atomic mass is 19.4. The van der Waals surface area contributed by atoms with Crippen LogP contribution < -0.4 is 10.2 Å². The second-order valence-electron chi connectivity index (χ2n) is 6.49. The van der Waals surface area contributed by atoms with Gasteiger partial charge in [-0.15, -0.1) is 0 Å². The molecule has 10 heteroatoms. The number of halogens is 3. The number of benzene rings is 1. The predicted molar refractivity (Wildman–Crippen MR) is 92.9 cm³/mol. The number of ether oxygens (including phenoxy) is 1. The molecular formula is C17H21F3N4O3. The quantitative estimate of drug-likeness (QED) is 0.846. The summed E-state index contributed by atoms with van der Waals surface area (Å²) < 4.78 is 50.8. The molecule has 1 aliphatic rings. The highest BCUT2D eigenvalue weighted by Gasteiger charge is 2.44. The zero-order chi connectivity index (χ0) is 19.6. The van der Waals surface area contributed by atoms with Gasteiger partial charge in [0.2, 0.25) is 0 Å².